The standard InChI is InChI=1S/C15H23N3O/c1-15(2,9-14(16)19)17-10-11-4-5-13-12(8-11)6-7-18(13)3/h4-5,8,17H,6-7,9-10H2,1-3H3,(H2,16,19). The normalized spacial score (nSPS) is 14.6. The van der Waals surface area contributed by atoms with Crippen LogP contribution < -0.4 is 16.0 Å². The Balaban J connectivity index is 1.99. The molecule has 2 rings (SSSR count). The minimum atomic E-state index is -0.270. The summed E-state index contributed by atoms with van der Waals surface area (Å²) in [4.78, 5) is 13.3. The Hall–Kier alpha value is -1.55. The van der Waals surface area contributed by atoms with Crippen molar-refractivity contribution in [3.63, 3.8) is 0 Å². The van der Waals surface area contributed by atoms with E-state index in [4.69, 9.17) is 5.73 Å². The van der Waals surface area contributed by atoms with Gasteiger partial charge in [0.15, 0.2) is 0 Å². The maximum absolute atomic E-state index is 11.0. The summed E-state index contributed by atoms with van der Waals surface area (Å²) in [7, 11) is 2.12. The van der Waals surface area contributed by atoms with Crippen LogP contribution in [0.2, 0.25) is 0 Å². The van der Waals surface area contributed by atoms with E-state index in [0.29, 0.717) is 6.42 Å². The molecule has 4 heteroatoms. The maximum Gasteiger partial charge on any atom is 0.219 e. The van der Waals surface area contributed by atoms with Crippen LogP contribution in [0.3, 0.4) is 0 Å². The van der Waals surface area contributed by atoms with E-state index >= 15 is 0 Å². The van der Waals surface area contributed by atoms with Crippen LogP contribution in [-0.4, -0.2) is 25.0 Å². The largest absolute Gasteiger partial charge is 0.374 e. The molecule has 0 radical (unpaired) electrons. The number of carbonyl (C=O) groups excluding carboxylic acids is 1. The second-order valence-corrected chi connectivity index (χ2v) is 6.02. The van der Waals surface area contributed by atoms with Crippen LogP contribution in [0.4, 0.5) is 5.69 Å². The second-order valence-electron chi connectivity index (χ2n) is 6.02. The Kier molecular flexibility index (Phi) is 3.80. The Labute approximate surface area is 115 Å². The van der Waals surface area contributed by atoms with Gasteiger partial charge in [-0.3, -0.25) is 4.79 Å². The summed E-state index contributed by atoms with van der Waals surface area (Å²) in [6, 6.07) is 6.58. The third kappa shape index (κ3) is 3.47. The fraction of sp³-hybridized carbons (Fsp3) is 0.533. The van der Waals surface area contributed by atoms with Crippen LogP contribution in [0.25, 0.3) is 0 Å². The molecule has 4 nitrogen and oxygen atoms in total. The minimum Gasteiger partial charge on any atom is -0.374 e. The molecule has 0 spiro atoms. The summed E-state index contributed by atoms with van der Waals surface area (Å²) >= 11 is 0. The van der Waals surface area contributed by atoms with Crippen LogP contribution in [-0.2, 0) is 17.8 Å². The number of anilines is 1. The predicted octanol–water partition coefficient (Wildman–Crippen LogP) is 1.42. The van der Waals surface area contributed by atoms with Gasteiger partial charge in [-0.25, -0.2) is 0 Å². The zero-order chi connectivity index (χ0) is 14.0. The molecule has 0 unspecified atom stereocenters. The molecule has 1 aromatic carbocycles. The lowest BCUT2D eigenvalue weighted by atomic mass is 9.99. The molecule has 0 aromatic heterocycles. The van der Waals surface area contributed by atoms with Crippen molar-refractivity contribution in [1.29, 1.82) is 0 Å². The highest BCUT2D eigenvalue weighted by Crippen LogP contribution is 2.27. The number of likely N-dealkylation sites (N-methyl/N-ethyl adjacent to an activating group) is 1. The summed E-state index contributed by atoms with van der Waals surface area (Å²) in [5, 5.41) is 3.39. The van der Waals surface area contributed by atoms with Crippen molar-refractivity contribution in [1.82, 2.24) is 5.32 Å². The van der Waals surface area contributed by atoms with Gasteiger partial charge in [-0.15, -0.1) is 0 Å². The first-order valence-corrected chi connectivity index (χ1v) is 6.74. The number of hydrogen-bond donors (Lipinski definition) is 2. The van der Waals surface area contributed by atoms with Gasteiger partial charge in [0, 0.05) is 37.8 Å². The van der Waals surface area contributed by atoms with E-state index in [1.807, 2.05) is 13.8 Å². The number of fused-ring (bicyclic) bond motifs is 1. The fourth-order valence-electron chi connectivity index (χ4n) is 2.57. The number of rotatable bonds is 5. The molecule has 0 saturated carbocycles. The van der Waals surface area contributed by atoms with E-state index in [-0.39, 0.29) is 11.4 Å². The van der Waals surface area contributed by atoms with Gasteiger partial charge in [0.2, 0.25) is 5.91 Å². The van der Waals surface area contributed by atoms with E-state index in [2.05, 4.69) is 35.5 Å². The molecule has 1 heterocycles. The van der Waals surface area contributed by atoms with E-state index in [9.17, 15) is 4.79 Å². The smallest absolute Gasteiger partial charge is 0.219 e. The third-order valence-electron chi connectivity index (χ3n) is 3.66. The average Bonchev–Trinajstić information content (AvgIpc) is 2.67. The van der Waals surface area contributed by atoms with Crippen LogP contribution in [0, 0.1) is 0 Å². The lowest BCUT2D eigenvalue weighted by Gasteiger charge is -2.25. The first-order chi connectivity index (χ1) is 8.87. The molecule has 0 atom stereocenters. The van der Waals surface area contributed by atoms with Gasteiger partial charge < -0.3 is 16.0 Å². The van der Waals surface area contributed by atoms with Crippen molar-refractivity contribution in [2.45, 2.75) is 38.8 Å². The van der Waals surface area contributed by atoms with Crippen molar-refractivity contribution in [3.8, 4) is 0 Å². The monoisotopic (exact) mass is 261 g/mol. The first-order valence-electron chi connectivity index (χ1n) is 6.74. The Morgan fingerprint density at radius 3 is 2.89 bits per heavy atom. The minimum absolute atomic E-state index is 0.262. The molecule has 1 amide bonds. The van der Waals surface area contributed by atoms with E-state index in [0.717, 1.165) is 19.5 Å². The molecule has 19 heavy (non-hydrogen) atoms. The highest BCUT2D eigenvalue weighted by Gasteiger charge is 2.20. The van der Waals surface area contributed by atoms with Crippen molar-refractivity contribution in [3.05, 3.63) is 29.3 Å². The van der Waals surface area contributed by atoms with E-state index < -0.39 is 0 Å². The summed E-state index contributed by atoms with van der Waals surface area (Å²) in [5.74, 6) is -0.270. The fourth-order valence-corrected chi connectivity index (χ4v) is 2.57. The van der Waals surface area contributed by atoms with Crippen LogP contribution >= 0.6 is 0 Å². The second kappa shape index (κ2) is 5.21. The number of amides is 1. The zero-order valence-electron chi connectivity index (χ0n) is 12.0. The topological polar surface area (TPSA) is 58.4 Å². The lowest BCUT2D eigenvalue weighted by Crippen LogP contribution is -2.42. The van der Waals surface area contributed by atoms with E-state index in [1.54, 1.807) is 0 Å². The first kappa shape index (κ1) is 13.9. The van der Waals surface area contributed by atoms with Crippen LogP contribution in [0.1, 0.15) is 31.4 Å². The third-order valence-corrected chi connectivity index (χ3v) is 3.66. The zero-order valence-corrected chi connectivity index (χ0v) is 12.0. The number of nitrogens with two attached hydrogens (primary N) is 1. The molecule has 104 valence electrons. The van der Waals surface area contributed by atoms with Crippen molar-refractivity contribution < 1.29 is 4.79 Å². The Morgan fingerprint density at radius 1 is 1.47 bits per heavy atom. The summed E-state index contributed by atoms with van der Waals surface area (Å²) in [6.07, 6.45) is 1.46. The van der Waals surface area contributed by atoms with Gasteiger partial charge >= 0.3 is 0 Å². The highest BCUT2D eigenvalue weighted by atomic mass is 16.1. The lowest BCUT2D eigenvalue weighted by molar-refractivity contribution is -0.119. The molecular weight excluding hydrogens is 238 g/mol. The van der Waals surface area contributed by atoms with Crippen molar-refractivity contribution in [2.75, 3.05) is 18.5 Å². The van der Waals surface area contributed by atoms with Gasteiger partial charge in [-0.1, -0.05) is 12.1 Å². The quantitative estimate of drug-likeness (QED) is 0.843. The van der Waals surface area contributed by atoms with Crippen LogP contribution in [0.15, 0.2) is 18.2 Å². The number of carbonyl (C=O) groups is 1. The molecule has 3 N–H and O–H groups in total. The summed E-state index contributed by atoms with van der Waals surface area (Å²) in [6.45, 7) is 5.86. The van der Waals surface area contributed by atoms with Gasteiger partial charge in [0.25, 0.3) is 0 Å². The molecule has 0 aliphatic carbocycles. The summed E-state index contributed by atoms with van der Waals surface area (Å²) in [5.41, 5.74) is 8.99. The van der Waals surface area contributed by atoms with Crippen molar-refractivity contribution in [2.24, 2.45) is 5.73 Å². The number of benzene rings is 1. The van der Waals surface area contributed by atoms with Gasteiger partial charge in [0.1, 0.15) is 0 Å². The summed E-state index contributed by atoms with van der Waals surface area (Å²) < 4.78 is 0. The molecule has 0 saturated heterocycles. The number of nitrogens with zero attached hydrogens (tertiary/aromatic N) is 1. The molecule has 1 aliphatic heterocycles. The SMILES string of the molecule is CN1CCc2cc(CNC(C)(C)CC(N)=O)ccc21. The molecule has 0 bridgehead atoms. The van der Waals surface area contributed by atoms with Gasteiger partial charge in [-0.05, 0) is 37.5 Å². The number of primary amides is 1. The molecule has 0 fully saturated rings. The highest BCUT2D eigenvalue weighted by molar-refractivity contribution is 5.75. The number of nitrogens with one attached hydrogen (secondary N) is 1. The van der Waals surface area contributed by atoms with Gasteiger partial charge in [-0.2, -0.15) is 0 Å². The predicted molar refractivity (Wildman–Crippen MR) is 78.1 cm³/mol. The number of hydrogen-bond acceptors (Lipinski definition) is 3. The Morgan fingerprint density at radius 2 is 2.21 bits per heavy atom. The van der Waals surface area contributed by atoms with Crippen molar-refractivity contribution >= 4 is 11.6 Å². The Bertz CT molecular complexity index is 482. The molecule has 1 aromatic rings. The average molecular weight is 261 g/mol. The molecule has 1 aliphatic rings. The maximum atomic E-state index is 11.0. The van der Waals surface area contributed by atoms with E-state index in [1.165, 1.54) is 16.8 Å². The molecular formula is C15H23N3O. The van der Waals surface area contributed by atoms with Gasteiger partial charge in [0.05, 0.1) is 0 Å². The van der Waals surface area contributed by atoms with Crippen LogP contribution in [0.5, 0.6) is 0 Å².